The molecular formula is C14H26N4. The summed E-state index contributed by atoms with van der Waals surface area (Å²) >= 11 is 0. The molecule has 0 bridgehead atoms. The highest BCUT2D eigenvalue weighted by molar-refractivity contribution is 5.07. The summed E-state index contributed by atoms with van der Waals surface area (Å²) in [6, 6.07) is 1.15. The molecule has 2 rings (SSSR count). The van der Waals surface area contributed by atoms with Crippen molar-refractivity contribution in [3.8, 4) is 0 Å². The summed E-state index contributed by atoms with van der Waals surface area (Å²) in [4.78, 5) is 6.70. The van der Waals surface area contributed by atoms with Gasteiger partial charge in [0.15, 0.2) is 0 Å². The van der Waals surface area contributed by atoms with Crippen LogP contribution in [0, 0.1) is 0 Å². The summed E-state index contributed by atoms with van der Waals surface area (Å²) < 4.78 is 2.32. The molecule has 1 N–H and O–H groups in total. The molecule has 1 saturated heterocycles. The van der Waals surface area contributed by atoms with Crippen LogP contribution in [-0.2, 0) is 6.54 Å². The van der Waals surface area contributed by atoms with E-state index < -0.39 is 0 Å². The summed E-state index contributed by atoms with van der Waals surface area (Å²) in [6.45, 7) is 7.85. The molecule has 18 heavy (non-hydrogen) atoms. The first-order valence-electron chi connectivity index (χ1n) is 7.12. The third kappa shape index (κ3) is 3.33. The molecule has 1 fully saturated rings. The molecule has 1 aromatic heterocycles. The standard InChI is InChI=1S/C14H26N4/c1-12(2)17(3)8-5-9-18-11-15-10-14(18)13-6-4-7-16-13/h10-13,16H,4-9H2,1-3H3/t13-/m0/s1. The predicted molar refractivity (Wildman–Crippen MR) is 74.6 cm³/mol. The third-order valence-electron chi connectivity index (χ3n) is 3.95. The number of hydrogen-bond donors (Lipinski definition) is 1. The van der Waals surface area contributed by atoms with Crippen molar-refractivity contribution in [1.82, 2.24) is 19.8 Å². The Balaban J connectivity index is 1.84. The molecule has 1 aliphatic rings. The number of rotatable bonds is 6. The second kappa shape index (κ2) is 6.34. The lowest BCUT2D eigenvalue weighted by molar-refractivity contribution is 0.264. The van der Waals surface area contributed by atoms with E-state index in [9.17, 15) is 0 Å². The average Bonchev–Trinajstić information content (AvgIpc) is 2.98. The van der Waals surface area contributed by atoms with E-state index in [0.29, 0.717) is 12.1 Å². The van der Waals surface area contributed by atoms with E-state index in [1.165, 1.54) is 25.0 Å². The first-order chi connectivity index (χ1) is 8.68. The van der Waals surface area contributed by atoms with Crippen LogP contribution in [0.1, 0.15) is 44.8 Å². The molecule has 0 aromatic carbocycles. The second-order valence-electron chi connectivity index (χ2n) is 5.59. The van der Waals surface area contributed by atoms with Gasteiger partial charge < -0.3 is 14.8 Å². The number of aryl methyl sites for hydroxylation is 1. The molecule has 4 heteroatoms. The molecule has 2 heterocycles. The molecule has 1 aromatic rings. The lowest BCUT2D eigenvalue weighted by Gasteiger charge is -2.21. The first-order valence-corrected chi connectivity index (χ1v) is 7.12. The summed E-state index contributed by atoms with van der Waals surface area (Å²) in [7, 11) is 2.19. The minimum absolute atomic E-state index is 0.523. The molecule has 0 saturated carbocycles. The Bertz CT molecular complexity index is 352. The maximum absolute atomic E-state index is 4.31. The molecule has 0 radical (unpaired) electrons. The topological polar surface area (TPSA) is 33.1 Å². The van der Waals surface area contributed by atoms with Crippen LogP contribution in [0.25, 0.3) is 0 Å². The summed E-state index contributed by atoms with van der Waals surface area (Å²) in [5, 5.41) is 3.55. The summed E-state index contributed by atoms with van der Waals surface area (Å²) in [5.74, 6) is 0. The smallest absolute Gasteiger partial charge is 0.0948 e. The van der Waals surface area contributed by atoms with Crippen LogP contribution in [0.5, 0.6) is 0 Å². The van der Waals surface area contributed by atoms with E-state index in [4.69, 9.17) is 0 Å². The van der Waals surface area contributed by atoms with E-state index in [0.717, 1.165) is 19.6 Å². The van der Waals surface area contributed by atoms with Gasteiger partial charge in [0.2, 0.25) is 0 Å². The van der Waals surface area contributed by atoms with Gasteiger partial charge in [0.25, 0.3) is 0 Å². The highest BCUT2D eigenvalue weighted by atomic mass is 15.1. The minimum Gasteiger partial charge on any atom is -0.333 e. The number of nitrogens with one attached hydrogen (secondary N) is 1. The third-order valence-corrected chi connectivity index (χ3v) is 3.95. The highest BCUT2D eigenvalue weighted by Crippen LogP contribution is 2.22. The zero-order valence-electron chi connectivity index (χ0n) is 11.9. The Hall–Kier alpha value is -0.870. The van der Waals surface area contributed by atoms with Crippen molar-refractivity contribution >= 4 is 0 Å². The number of hydrogen-bond acceptors (Lipinski definition) is 3. The van der Waals surface area contributed by atoms with Gasteiger partial charge in [-0.15, -0.1) is 0 Å². The van der Waals surface area contributed by atoms with Crippen molar-refractivity contribution in [3.63, 3.8) is 0 Å². The lowest BCUT2D eigenvalue weighted by Crippen LogP contribution is -2.28. The quantitative estimate of drug-likeness (QED) is 0.838. The van der Waals surface area contributed by atoms with Crippen LogP contribution in [0.3, 0.4) is 0 Å². The van der Waals surface area contributed by atoms with Gasteiger partial charge in [0.05, 0.1) is 12.0 Å². The van der Waals surface area contributed by atoms with Gasteiger partial charge in [-0.05, 0) is 53.2 Å². The van der Waals surface area contributed by atoms with Crippen LogP contribution in [0.4, 0.5) is 0 Å². The number of imidazole rings is 1. The first kappa shape index (κ1) is 13.6. The molecule has 0 spiro atoms. The molecule has 1 atom stereocenters. The van der Waals surface area contributed by atoms with Crippen molar-refractivity contribution < 1.29 is 0 Å². The Morgan fingerprint density at radius 2 is 2.39 bits per heavy atom. The Morgan fingerprint density at radius 1 is 1.56 bits per heavy atom. The fourth-order valence-electron chi connectivity index (χ4n) is 2.49. The van der Waals surface area contributed by atoms with Crippen molar-refractivity contribution in [1.29, 1.82) is 0 Å². The van der Waals surface area contributed by atoms with Crippen LogP contribution < -0.4 is 5.32 Å². The highest BCUT2D eigenvalue weighted by Gasteiger charge is 2.19. The maximum Gasteiger partial charge on any atom is 0.0948 e. The van der Waals surface area contributed by atoms with Gasteiger partial charge in [0, 0.05) is 24.8 Å². The fourth-order valence-corrected chi connectivity index (χ4v) is 2.49. The van der Waals surface area contributed by atoms with Gasteiger partial charge >= 0.3 is 0 Å². The monoisotopic (exact) mass is 250 g/mol. The zero-order valence-corrected chi connectivity index (χ0v) is 11.9. The molecule has 4 nitrogen and oxygen atoms in total. The Kier molecular flexibility index (Phi) is 4.78. The summed E-state index contributed by atoms with van der Waals surface area (Å²) in [5.41, 5.74) is 1.36. The lowest BCUT2D eigenvalue weighted by atomic mass is 10.2. The Labute approximate surface area is 110 Å². The number of nitrogens with zero attached hydrogens (tertiary/aromatic N) is 3. The average molecular weight is 250 g/mol. The van der Waals surface area contributed by atoms with Crippen LogP contribution >= 0.6 is 0 Å². The van der Waals surface area contributed by atoms with Crippen LogP contribution in [0.15, 0.2) is 12.5 Å². The van der Waals surface area contributed by atoms with E-state index in [1.54, 1.807) is 0 Å². The van der Waals surface area contributed by atoms with E-state index >= 15 is 0 Å². The maximum atomic E-state index is 4.31. The fraction of sp³-hybridized carbons (Fsp3) is 0.786. The zero-order chi connectivity index (χ0) is 13.0. The minimum atomic E-state index is 0.523. The SMILES string of the molecule is CC(C)N(C)CCCn1cncc1[C@@H]1CCCN1. The van der Waals surface area contributed by atoms with Gasteiger partial charge in [-0.2, -0.15) is 0 Å². The Morgan fingerprint density at radius 3 is 3.06 bits per heavy atom. The normalized spacial score (nSPS) is 20.2. The van der Waals surface area contributed by atoms with Gasteiger partial charge in [-0.25, -0.2) is 4.98 Å². The molecule has 1 aliphatic heterocycles. The summed E-state index contributed by atoms with van der Waals surface area (Å²) in [6.07, 6.45) is 7.72. The van der Waals surface area contributed by atoms with Crippen LogP contribution in [-0.4, -0.2) is 40.6 Å². The second-order valence-corrected chi connectivity index (χ2v) is 5.59. The van der Waals surface area contributed by atoms with E-state index in [2.05, 4.69) is 40.7 Å². The molecule has 0 aliphatic carbocycles. The van der Waals surface area contributed by atoms with Crippen LogP contribution in [0.2, 0.25) is 0 Å². The predicted octanol–water partition coefficient (Wildman–Crippen LogP) is 2.04. The van der Waals surface area contributed by atoms with Crippen molar-refractivity contribution in [2.24, 2.45) is 0 Å². The van der Waals surface area contributed by atoms with Crippen molar-refractivity contribution in [2.45, 2.75) is 51.7 Å². The van der Waals surface area contributed by atoms with Gasteiger partial charge in [0.1, 0.15) is 0 Å². The van der Waals surface area contributed by atoms with E-state index in [-0.39, 0.29) is 0 Å². The largest absolute Gasteiger partial charge is 0.333 e. The molecule has 0 amide bonds. The van der Waals surface area contributed by atoms with Crippen molar-refractivity contribution in [3.05, 3.63) is 18.2 Å². The molecular weight excluding hydrogens is 224 g/mol. The molecule has 0 unspecified atom stereocenters. The number of aromatic nitrogens is 2. The molecule has 102 valence electrons. The van der Waals surface area contributed by atoms with E-state index in [1.807, 2.05) is 12.5 Å². The van der Waals surface area contributed by atoms with Crippen molar-refractivity contribution in [2.75, 3.05) is 20.1 Å². The van der Waals surface area contributed by atoms with Gasteiger partial charge in [-0.3, -0.25) is 0 Å². The van der Waals surface area contributed by atoms with Gasteiger partial charge in [-0.1, -0.05) is 0 Å².